The molecular formula is C20H21FN6O3. The summed E-state index contributed by atoms with van der Waals surface area (Å²) in [6.45, 7) is 3.29. The lowest BCUT2D eigenvalue weighted by atomic mass is 10.1. The third-order valence-corrected chi connectivity index (χ3v) is 5.21. The zero-order chi connectivity index (χ0) is 21.3. The number of pyridine rings is 1. The van der Waals surface area contributed by atoms with Gasteiger partial charge in [0.15, 0.2) is 0 Å². The maximum Gasteiger partial charge on any atom is 0.326 e. The van der Waals surface area contributed by atoms with Crippen molar-refractivity contribution in [2.45, 2.75) is 6.54 Å². The fourth-order valence-corrected chi connectivity index (χ4v) is 3.64. The van der Waals surface area contributed by atoms with Crippen molar-refractivity contribution in [1.29, 1.82) is 0 Å². The minimum absolute atomic E-state index is 0.0468. The summed E-state index contributed by atoms with van der Waals surface area (Å²) in [5, 5.41) is 2.86. The van der Waals surface area contributed by atoms with E-state index in [9.17, 15) is 18.8 Å². The number of halogens is 1. The van der Waals surface area contributed by atoms with E-state index in [-0.39, 0.29) is 5.69 Å². The van der Waals surface area contributed by atoms with Gasteiger partial charge in [-0.05, 0) is 29.8 Å². The van der Waals surface area contributed by atoms with Gasteiger partial charge in [0.2, 0.25) is 5.95 Å². The summed E-state index contributed by atoms with van der Waals surface area (Å²) in [5.74, 6) is -1.09. The number of rotatable bonds is 4. The predicted molar refractivity (Wildman–Crippen MR) is 110 cm³/mol. The molecule has 1 fully saturated rings. The summed E-state index contributed by atoms with van der Waals surface area (Å²) < 4.78 is 14.4. The first-order chi connectivity index (χ1) is 14.4. The molecule has 3 heterocycles. The van der Waals surface area contributed by atoms with Crippen molar-refractivity contribution in [2.75, 3.05) is 38.1 Å². The summed E-state index contributed by atoms with van der Waals surface area (Å²) in [6, 6.07) is 8.47. The Morgan fingerprint density at radius 2 is 1.90 bits per heavy atom. The molecule has 1 aromatic carbocycles. The summed E-state index contributed by atoms with van der Waals surface area (Å²) in [6.07, 6.45) is 0. The molecule has 9 nitrogen and oxygen atoms in total. The molecule has 3 N–H and O–H groups in total. The van der Waals surface area contributed by atoms with E-state index in [0.717, 1.165) is 5.56 Å². The van der Waals surface area contributed by atoms with E-state index >= 15 is 0 Å². The van der Waals surface area contributed by atoms with E-state index in [1.54, 1.807) is 18.2 Å². The van der Waals surface area contributed by atoms with Crippen LogP contribution in [0.25, 0.3) is 10.9 Å². The number of amides is 1. The number of aromatic amines is 2. The Labute approximate surface area is 170 Å². The molecule has 4 rings (SSSR count). The fourth-order valence-electron chi connectivity index (χ4n) is 3.64. The third kappa shape index (κ3) is 3.94. The van der Waals surface area contributed by atoms with Gasteiger partial charge < -0.3 is 15.2 Å². The fraction of sp³-hybridized carbons (Fsp3) is 0.300. The number of H-pyrrole nitrogens is 2. The second kappa shape index (κ2) is 8.07. The van der Waals surface area contributed by atoms with Crippen molar-refractivity contribution in [1.82, 2.24) is 25.2 Å². The first-order valence-electron chi connectivity index (χ1n) is 9.56. The molecule has 30 heavy (non-hydrogen) atoms. The highest BCUT2D eigenvalue weighted by atomic mass is 19.1. The highest BCUT2D eigenvalue weighted by Gasteiger charge is 2.21. The molecule has 0 radical (unpaired) electrons. The monoisotopic (exact) mass is 412 g/mol. The Morgan fingerprint density at radius 1 is 1.13 bits per heavy atom. The molecule has 1 aliphatic rings. The quantitative estimate of drug-likeness (QED) is 0.536. The Kier molecular flexibility index (Phi) is 5.32. The number of carbonyl (C=O) groups is 1. The highest BCUT2D eigenvalue weighted by Crippen LogP contribution is 2.21. The average Bonchev–Trinajstić information content (AvgIpc) is 2.73. The van der Waals surface area contributed by atoms with Crippen molar-refractivity contribution < 1.29 is 9.18 Å². The van der Waals surface area contributed by atoms with E-state index in [2.05, 4.69) is 25.2 Å². The van der Waals surface area contributed by atoms with E-state index < -0.39 is 23.1 Å². The predicted octanol–water partition coefficient (Wildman–Crippen LogP) is 0.432. The van der Waals surface area contributed by atoms with Crippen LogP contribution in [0.3, 0.4) is 0 Å². The van der Waals surface area contributed by atoms with E-state index in [1.165, 1.54) is 13.1 Å². The molecule has 0 spiro atoms. The van der Waals surface area contributed by atoms with E-state index in [1.807, 2.05) is 11.0 Å². The normalized spacial score (nSPS) is 14.8. The molecule has 156 valence electrons. The standard InChI is InChI=1S/C20H21FN6O3/c1-22-19(29)14-4-5-16(17(21)23-14)27-8-6-26(7-9-27)11-12-2-3-13-15(10-12)24-20(30)25-18(13)28/h2-5,10H,6-9,11H2,1H3,(H,22,29)(H2,24,25,28,30). The number of benzene rings is 1. The van der Waals surface area contributed by atoms with Crippen LogP contribution in [0.2, 0.25) is 0 Å². The summed E-state index contributed by atoms with van der Waals surface area (Å²) >= 11 is 0. The van der Waals surface area contributed by atoms with Gasteiger partial charge in [0.25, 0.3) is 11.5 Å². The molecule has 0 bridgehead atoms. The molecule has 0 unspecified atom stereocenters. The molecule has 0 saturated carbocycles. The molecule has 1 saturated heterocycles. The van der Waals surface area contributed by atoms with Gasteiger partial charge in [0, 0.05) is 39.8 Å². The molecule has 10 heteroatoms. The molecule has 1 aliphatic heterocycles. The van der Waals surface area contributed by atoms with Gasteiger partial charge in [-0.15, -0.1) is 0 Å². The lowest BCUT2D eigenvalue weighted by Crippen LogP contribution is -2.46. The second-order valence-corrected chi connectivity index (χ2v) is 7.14. The van der Waals surface area contributed by atoms with Gasteiger partial charge in [-0.1, -0.05) is 6.07 Å². The van der Waals surface area contributed by atoms with Crippen LogP contribution in [0.1, 0.15) is 16.1 Å². The van der Waals surface area contributed by atoms with Crippen molar-refractivity contribution in [2.24, 2.45) is 0 Å². The first-order valence-corrected chi connectivity index (χ1v) is 9.56. The van der Waals surface area contributed by atoms with Crippen LogP contribution in [0.15, 0.2) is 39.9 Å². The Hall–Kier alpha value is -3.53. The number of nitrogens with zero attached hydrogens (tertiary/aromatic N) is 3. The van der Waals surface area contributed by atoms with E-state index in [0.29, 0.717) is 49.3 Å². The summed E-state index contributed by atoms with van der Waals surface area (Å²) in [4.78, 5) is 47.6. The number of fused-ring (bicyclic) bond motifs is 1. The summed E-state index contributed by atoms with van der Waals surface area (Å²) in [5.41, 5.74) is 0.961. The van der Waals surface area contributed by atoms with Crippen molar-refractivity contribution >= 4 is 22.5 Å². The summed E-state index contributed by atoms with van der Waals surface area (Å²) in [7, 11) is 1.47. The average molecular weight is 412 g/mol. The van der Waals surface area contributed by atoms with Crippen LogP contribution in [0.4, 0.5) is 10.1 Å². The smallest absolute Gasteiger partial charge is 0.326 e. The van der Waals surface area contributed by atoms with Gasteiger partial charge >= 0.3 is 5.69 Å². The van der Waals surface area contributed by atoms with Crippen LogP contribution < -0.4 is 21.5 Å². The zero-order valence-corrected chi connectivity index (χ0v) is 16.4. The van der Waals surface area contributed by atoms with Crippen molar-refractivity contribution in [3.63, 3.8) is 0 Å². The lowest BCUT2D eigenvalue weighted by Gasteiger charge is -2.36. The number of hydrogen-bond acceptors (Lipinski definition) is 6. The van der Waals surface area contributed by atoms with Gasteiger partial charge in [0.05, 0.1) is 16.6 Å². The molecule has 1 amide bonds. The minimum Gasteiger partial charge on any atom is -0.365 e. The van der Waals surface area contributed by atoms with Crippen LogP contribution in [-0.2, 0) is 6.54 Å². The Balaban J connectivity index is 1.43. The van der Waals surface area contributed by atoms with Crippen molar-refractivity contribution in [3.05, 3.63) is 68.4 Å². The van der Waals surface area contributed by atoms with Crippen LogP contribution >= 0.6 is 0 Å². The number of aromatic nitrogens is 3. The van der Waals surface area contributed by atoms with Crippen LogP contribution in [-0.4, -0.2) is 59.0 Å². The number of piperazine rings is 1. The van der Waals surface area contributed by atoms with E-state index in [4.69, 9.17) is 0 Å². The number of nitrogens with one attached hydrogen (secondary N) is 3. The van der Waals surface area contributed by atoms with Gasteiger partial charge in [-0.25, -0.2) is 9.78 Å². The maximum absolute atomic E-state index is 14.4. The number of hydrogen-bond donors (Lipinski definition) is 3. The molecule has 0 atom stereocenters. The number of carbonyl (C=O) groups excluding carboxylic acids is 1. The second-order valence-electron chi connectivity index (χ2n) is 7.14. The Bertz CT molecular complexity index is 1210. The lowest BCUT2D eigenvalue weighted by molar-refractivity contribution is 0.0957. The molecular weight excluding hydrogens is 391 g/mol. The maximum atomic E-state index is 14.4. The van der Waals surface area contributed by atoms with Crippen LogP contribution in [0.5, 0.6) is 0 Å². The SMILES string of the molecule is CNC(=O)c1ccc(N2CCN(Cc3ccc4c(=O)[nH]c(=O)[nH]c4c3)CC2)c(F)n1. The van der Waals surface area contributed by atoms with Gasteiger partial charge in [-0.2, -0.15) is 4.39 Å². The largest absolute Gasteiger partial charge is 0.365 e. The molecule has 2 aromatic heterocycles. The van der Waals surface area contributed by atoms with Gasteiger partial charge in [0.1, 0.15) is 5.69 Å². The third-order valence-electron chi connectivity index (χ3n) is 5.21. The number of anilines is 1. The molecule has 3 aromatic rings. The van der Waals surface area contributed by atoms with Gasteiger partial charge in [-0.3, -0.25) is 19.5 Å². The Morgan fingerprint density at radius 3 is 2.60 bits per heavy atom. The topological polar surface area (TPSA) is 114 Å². The highest BCUT2D eigenvalue weighted by molar-refractivity contribution is 5.92. The first kappa shape index (κ1) is 19.8. The molecule has 0 aliphatic carbocycles. The zero-order valence-electron chi connectivity index (χ0n) is 16.4. The minimum atomic E-state index is -0.659. The van der Waals surface area contributed by atoms with Crippen molar-refractivity contribution in [3.8, 4) is 0 Å². The van der Waals surface area contributed by atoms with Crippen LogP contribution in [0, 0.1) is 5.95 Å².